The molecule has 0 saturated carbocycles. The summed E-state index contributed by atoms with van der Waals surface area (Å²) in [5, 5.41) is 0. The third-order valence-electron chi connectivity index (χ3n) is 2.26. The van der Waals surface area contributed by atoms with Crippen LogP contribution in [0.4, 0.5) is 4.79 Å². The maximum Gasteiger partial charge on any atom is 0.338 e. The van der Waals surface area contributed by atoms with Crippen molar-refractivity contribution in [3.8, 4) is 0 Å². The number of nitrogens with zero attached hydrogens (tertiary/aromatic N) is 6. The number of imidazole rings is 4. The molecule has 0 radical (unpaired) electrons. The summed E-state index contributed by atoms with van der Waals surface area (Å²) in [6, 6.07) is -0.190. The molecule has 0 aliphatic carbocycles. The number of halogens is 1. The summed E-state index contributed by atoms with van der Waals surface area (Å²) < 4.78 is 2.75. The molecule has 4 aromatic heterocycles. The molecule has 24 heavy (non-hydrogen) atoms. The van der Waals surface area contributed by atoms with E-state index in [1.165, 1.54) is 21.8 Å². The number of rotatable bonds is 0. The molecule has 4 aromatic rings. The summed E-state index contributed by atoms with van der Waals surface area (Å²) in [6.07, 6.45) is 19.3. The minimum Gasteiger partial charge on any atom is -0.351 e. The van der Waals surface area contributed by atoms with E-state index in [0.29, 0.717) is 0 Å². The van der Waals surface area contributed by atoms with Gasteiger partial charge in [0.15, 0.2) is 0 Å². The number of H-pyrrole nitrogens is 2. The first-order valence-electron chi connectivity index (χ1n) is 6.24. The first-order chi connectivity index (χ1) is 10.9. The molecule has 0 spiro atoms. The lowest BCUT2D eigenvalue weighted by Gasteiger charge is -1.98. The van der Waals surface area contributed by atoms with Crippen molar-refractivity contribution in [2.24, 2.45) is 0 Å². The van der Waals surface area contributed by atoms with Gasteiger partial charge in [-0.15, -0.1) is 12.4 Å². The average molecular weight is 351 g/mol. The van der Waals surface area contributed by atoms with Gasteiger partial charge in [-0.05, 0) is 0 Å². The van der Waals surface area contributed by atoms with E-state index in [9.17, 15) is 4.79 Å². The van der Waals surface area contributed by atoms with Crippen LogP contribution in [0.25, 0.3) is 0 Å². The summed E-state index contributed by atoms with van der Waals surface area (Å²) >= 11 is 0. The average Bonchev–Trinajstić information content (AvgIpc) is 3.42. The second kappa shape index (κ2) is 12.4. The summed E-state index contributed by atoms with van der Waals surface area (Å²) in [5.41, 5.74) is 0. The molecule has 0 amide bonds. The van der Waals surface area contributed by atoms with Crippen molar-refractivity contribution >= 4 is 18.4 Å². The maximum absolute atomic E-state index is 11.4. The highest BCUT2D eigenvalue weighted by molar-refractivity contribution is 5.85. The molecule has 0 unspecified atom stereocenters. The molecule has 4 heterocycles. The third kappa shape index (κ3) is 7.18. The number of hydrogen-bond donors (Lipinski definition) is 2. The Balaban J connectivity index is 0.000000370. The molecule has 2 N–H and O–H groups in total. The third-order valence-corrected chi connectivity index (χ3v) is 2.26. The lowest BCUT2D eigenvalue weighted by molar-refractivity contribution is 0.244. The maximum atomic E-state index is 11.4. The van der Waals surface area contributed by atoms with Crippen LogP contribution in [0.5, 0.6) is 0 Å². The van der Waals surface area contributed by atoms with Crippen LogP contribution in [0.3, 0.4) is 0 Å². The largest absolute Gasteiger partial charge is 0.351 e. The van der Waals surface area contributed by atoms with E-state index in [1.54, 1.807) is 62.2 Å². The quantitative estimate of drug-likeness (QED) is 0.506. The predicted molar refractivity (Wildman–Crippen MR) is 91.8 cm³/mol. The highest BCUT2D eigenvalue weighted by Gasteiger charge is 2.03. The van der Waals surface area contributed by atoms with Crippen molar-refractivity contribution in [2.45, 2.75) is 7.43 Å². The van der Waals surface area contributed by atoms with Crippen molar-refractivity contribution in [3.05, 3.63) is 74.9 Å². The number of nitrogens with one attached hydrogen (secondary N) is 2. The lowest BCUT2D eigenvalue weighted by Crippen LogP contribution is -2.15. The molecule has 0 aromatic carbocycles. The van der Waals surface area contributed by atoms with E-state index in [0.717, 1.165) is 0 Å². The van der Waals surface area contributed by atoms with E-state index in [1.807, 2.05) is 0 Å². The Kier molecular flexibility index (Phi) is 10.7. The highest BCUT2D eigenvalue weighted by atomic mass is 35.5. The molecular weight excluding hydrogens is 332 g/mol. The Bertz CT molecular complexity index is 608. The number of carbonyl (C=O) groups is 1. The van der Waals surface area contributed by atoms with E-state index in [-0.39, 0.29) is 25.9 Å². The van der Waals surface area contributed by atoms with Gasteiger partial charge in [0, 0.05) is 49.6 Å². The summed E-state index contributed by atoms with van der Waals surface area (Å²) in [6.45, 7) is 0. The molecule has 0 aliphatic rings. The van der Waals surface area contributed by atoms with E-state index in [2.05, 4.69) is 29.9 Å². The molecule has 0 atom stereocenters. The van der Waals surface area contributed by atoms with Gasteiger partial charge in [0.05, 0.1) is 12.7 Å². The van der Waals surface area contributed by atoms with E-state index >= 15 is 0 Å². The van der Waals surface area contributed by atoms with Gasteiger partial charge in [-0.1, -0.05) is 7.43 Å². The second-order valence-electron chi connectivity index (χ2n) is 3.74. The van der Waals surface area contributed by atoms with E-state index < -0.39 is 0 Å². The molecular formula is C14H19ClN8O. The molecule has 0 bridgehead atoms. The molecule has 0 saturated heterocycles. The zero-order valence-electron chi connectivity index (χ0n) is 11.9. The predicted octanol–water partition coefficient (Wildman–Crippen LogP) is 2.47. The van der Waals surface area contributed by atoms with Crippen LogP contribution in [0.1, 0.15) is 7.43 Å². The van der Waals surface area contributed by atoms with Crippen molar-refractivity contribution < 1.29 is 4.79 Å². The lowest BCUT2D eigenvalue weighted by atomic mass is 10.8. The number of aromatic nitrogens is 8. The van der Waals surface area contributed by atoms with Gasteiger partial charge in [0.1, 0.15) is 12.7 Å². The Morgan fingerprint density at radius 2 is 1.21 bits per heavy atom. The Hall–Kier alpha value is -3.20. The number of aromatic amines is 2. The Labute approximate surface area is 145 Å². The van der Waals surface area contributed by atoms with Gasteiger partial charge in [0.2, 0.25) is 0 Å². The fourth-order valence-electron chi connectivity index (χ4n) is 1.31. The first-order valence-corrected chi connectivity index (χ1v) is 6.24. The minimum atomic E-state index is -0.190. The van der Waals surface area contributed by atoms with Gasteiger partial charge in [-0.2, -0.15) is 0 Å². The Morgan fingerprint density at radius 1 is 0.750 bits per heavy atom. The van der Waals surface area contributed by atoms with Gasteiger partial charge in [0.25, 0.3) is 0 Å². The van der Waals surface area contributed by atoms with Crippen molar-refractivity contribution in [2.75, 3.05) is 0 Å². The summed E-state index contributed by atoms with van der Waals surface area (Å²) in [7, 11) is 0. The minimum absolute atomic E-state index is 0. The fraction of sp³-hybridized carbons (Fsp3) is 0.0714. The molecule has 10 heteroatoms. The van der Waals surface area contributed by atoms with Crippen molar-refractivity contribution in [1.82, 2.24) is 39.0 Å². The zero-order chi connectivity index (χ0) is 15.5. The molecule has 4 rings (SSSR count). The summed E-state index contributed by atoms with van der Waals surface area (Å²) in [5.74, 6) is 0. The van der Waals surface area contributed by atoms with Gasteiger partial charge >= 0.3 is 6.03 Å². The SMILES string of the molecule is C.Cl.O=C(n1ccnc1)n1ccnc1.c1c[nH]cn1.c1c[nH]cn1. The van der Waals surface area contributed by atoms with Crippen molar-refractivity contribution in [1.29, 1.82) is 0 Å². The topological polar surface area (TPSA) is 110 Å². The standard InChI is InChI=1S/C7H6N4O.2C3H4N2.CH4.ClH/c12-7(10-3-1-8-5-10)11-4-2-9-6-11;2*1-2-5-3-4-1;;/h1-6H;2*1-3H,(H,4,5);1H4;1H. The van der Waals surface area contributed by atoms with Crippen LogP contribution in [0.15, 0.2) is 74.9 Å². The second-order valence-corrected chi connectivity index (χ2v) is 3.74. The fourth-order valence-corrected chi connectivity index (χ4v) is 1.31. The molecule has 0 aliphatic heterocycles. The summed E-state index contributed by atoms with van der Waals surface area (Å²) in [4.78, 5) is 31.8. The van der Waals surface area contributed by atoms with Gasteiger partial charge in [-0.25, -0.2) is 24.7 Å². The number of carbonyl (C=O) groups excluding carboxylic acids is 1. The van der Waals surface area contributed by atoms with Gasteiger partial charge in [-0.3, -0.25) is 9.13 Å². The molecule has 9 nitrogen and oxygen atoms in total. The van der Waals surface area contributed by atoms with Crippen molar-refractivity contribution in [3.63, 3.8) is 0 Å². The van der Waals surface area contributed by atoms with Crippen LogP contribution >= 0.6 is 12.4 Å². The van der Waals surface area contributed by atoms with Gasteiger partial charge < -0.3 is 9.97 Å². The smallest absolute Gasteiger partial charge is 0.338 e. The first kappa shape index (κ1) is 20.8. The van der Waals surface area contributed by atoms with Crippen LogP contribution in [-0.2, 0) is 0 Å². The molecule has 0 fully saturated rings. The normalized spacial score (nSPS) is 8.33. The van der Waals surface area contributed by atoms with Crippen LogP contribution in [0.2, 0.25) is 0 Å². The monoisotopic (exact) mass is 350 g/mol. The number of hydrogen-bond acceptors (Lipinski definition) is 5. The van der Waals surface area contributed by atoms with Crippen LogP contribution < -0.4 is 0 Å². The van der Waals surface area contributed by atoms with Crippen LogP contribution in [-0.4, -0.2) is 45.1 Å². The zero-order valence-corrected chi connectivity index (χ0v) is 12.7. The Morgan fingerprint density at radius 3 is 1.42 bits per heavy atom. The van der Waals surface area contributed by atoms with Crippen LogP contribution in [0, 0.1) is 0 Å². The highest BCUT2D eigenvalue weighted by Crippen LogP contribution is 1.92. The molecule has 128 valence electrons. The van der Waals surface area contributed by atoms with E-state index in [4.69, 9.17) is 0 Å².